The van der Waals surface area contributed by atoms with Gasteiger partial charge in [-0.1, -0.05) is 36.4 Å². The number of hydrogen-bond acceptors (Lipinski definition) is 1. The van der Waals surface area contributed by atoms with Crippen LogP contribution in [0, 0.1) is 58.2 Å². The zero-order valence-corrected chi connectivity index (χ0v) is 18.3. The average Bonchev–Trinajstić information content (AvgIpc) is 2.93. The molecular formula is C27H8F10O. The monoisotopic (exact) mass is 538 g/mol. The van der Waals surface area contributed by atoms with Gasteiger partial charge in [-0.3, -0.25) is 4.79 Å². The maximum Gasteiger partial charge on any atom is 0.200 e. The fraction of sp³-hybridized carbons (Fsp3) is 0. The van der Waals surface area contributed by atoms with Gasteiger partial charge >= 0.3 is 0 Å². The second-order valence-corrected chi connectivity index (χ2v) is 8.11. The molecule has 0 atom stereocenters. The molecule has 0 aliphatic rings. The molecule has 0 spiro atoms. The van der Waals surface area contributed by atoms with Crippen molar-refractivity contribution in [3.05, 3.63) is 106 Å². The molecule has 0 aliphatic carbocycles. The van der Waals surface area contributed by atoms with Crippen LogP contribution in [-0.4, -0.2) is 6.29 Å². The summed E-state index contributed by atoms with van der Waals surface area (Å²) in [6.45, 7) is 0. The Hall–Kier alpha value is -4.41. The molecule has 0 aromatic heterocycles. The first-order valence-electron chi connectivity index (χ1n) is 10.5. The van der Waals surface area contributed by atoms with Crippen molar-refractivity contribution in [2.45, 2.75) is 0 Å². The van der Waals surface area contributed by atoms with Crippen LogP contribution in [0.1, 0.15) is 10.4 Å². The first kappa shape index (κ1) is 25.2. The minimum Gasteiger partial charge on any atom is -0.298 e. The van der Waals surface area contributed by atoms with Gasteiger partial charge in [-0.05, 0) is 27.6 Å². The summed E-state index contributed by atoms with van der Waals surface area (Å²) in [5, 5.41) is -1.59. The van der Waals surface area contributed by atoms with E-state index in [0.29, 0.717) is 0 Å². The van der Waals surface area contributed by atoms with Gasteiger partial charge in [0, 0.05) is 16.7 Å². The number of carbonyl (C=O) groups is 1. The third kappa shape index (κ3) is 3.37. The molecule has 0 saturated heterocycles. The van der Waals surface area contributed by atoms with Crippen LogP contribution in [0.25, 0.3) is 43.8 Å². The Morgan fingerprint density at radius 1 is 0.395 bits per heavy atom. The van der Waals surface area contributed by atoms with Crippen molar-refractivity contribution in [3.8, 4) is 22.3 Å². The van der Waals surface area contributed by atoms with Gasteiger partial charge < -0.3 is 0 Å². The lowest BCUT2D eigenvalue weighted by Gasteiger charge is -2.20. The smallest absolute Gasteiger partial charge is 0.200 e. The highest BCUT2D eigenvalue weighted by molar-refractivity contribution is 6.22. The minimum absolute atomic E-state index is 0.193. The number of rotatable bonds is 3. The molecule has 0 bridgehead atoms. The van der Waals surface area contributed by atoms with Crippen LogP contribution in [0.2, 0.25) is 0 Å². The van der Waals surface area contributed by atoms with Crippen LogP contribution in [0.3, 0.4) is 0 Å². The summed E-state index contributed by atoms with van der Waals surface area (Å²) in [5.41, 5.74) is -4.31. The van der Waals surface area contributed by atoms with E-state index in [0.717, 1.165) is 30.3 Å². The third-order valence-corrected chi connectivity index (χ3v) is 6.10. The zero-order chi connectivity index (χ0) is 27.6. The van der Waals surface area contributed by atoms with E-state index in [2.05, 4.69) is 0 Å². The maximum atomic E-state index is 15.0. The number of halogens is 10. The molecule has 0 aliphatic heterocycles. The lowest BCUT2D eigenvalue weighted by molar-refractivity contribution is 0.112. The van der Waals surface area contributed by atoms with Crippen molar-refractivity contribution in [1.29, 1.82) is 0 Å². The molecule has 5 aromatic carbocycles. The minimum atomic E-state index is -2.44. The van der Waals surface area contributed by atoms with Gasteiger partial charge in [-0.25, -0.2) is 43.9 Å². The van der Waals surface area contributed by atoms with Gasteiger partial charge in [-0.2, -0.15) is 0 Å². The van der Waals surface area contributed by atoms with Crippen molar-refractivity contribution in [1.82, 2.24) is 0 Å². The highest BCUT2D eigenvalue weighted by Gasteiger charge is 2.32. The fourth-order valence-corrected chi connectivity index (χ4v) is 4.46. The normalized spacial score (nSPS) is 11.5. The number of fused-ring (bicyclic) bond motifs is 2. The van der Waals surface area contributed by atoms with Gasteiger partial charge in [0.1, 0.15) is 6.29 Å². The standard InChI is InChI=1S/C27H8F10O/c28-18-16(19(29)23(33)26(36)22(18)32)14-10-3-1-2-4-11(10)15(13-7-9(8-38)5-6-12(13)14)17-20(30)24(34)27(37)25(35)21(17)31/h1-8H. The maximum absolute atomic E-state index is 15.0. The molecule has 192 valence electrons. The van der Waals surface area contributed by atoms with Crippen molar-refractivity contribution in [3.63, 3.8) is 0 Å². The SMILES string of the molecule is O=Cc1ccc2c(-c3c(F)c(F)c(F)c(F)c3F)c3ccccc3c(-c3c(F)c(F)c(F)c(F)c3F)c2c1. The number of aldehydes is 1. The first-order valence-corrected chi connectivity index (χ1v) is 10.5. The summed E-state index contributed by atoms with van der Waals surface area (Å²) in [5.74, 6) is -22.9. The lowest BCUT2D eigenvalue weighted by Crippen LogP contribution is -2.07. The Morgan fingerprint density at radius 2 is 0.737 bits per heavy atom. The summed E-state index contributed by atoms with van der Waals surface area (Å²) in [6.07, 6.45) is 0.259. The second kappa shape index (κ2) is 8.86. The molecule has 0 amide bonds. The summed E-state index contributed by atoms with van der Waals surface area (Å²) in [4.78, 5) is 11.5. The Bertz CT molecular complexity index is 1790. The Morgan fingerprint density at radius 3 is 1.13 bits per heavy atom. The lowest BCUT2D eigenvalue weighted by atomic mass is 9.84. The van der Waals surface area contributed by atoms with Crippen LogP contribution in [0.15, 0.2) is 42.5 Å². The Kier molecular flexibility index (Phi) is 5.89. The summed E-state index contributed by atoms with van der Waals surface area (Å²) >= 11 is 0. The first-order chi connectivity index (χ1) is 18.0. The Balaban J connectivity index is 2.12. The molecule has 0 fully saturated rings. The predicted octanol–water partition coefficient (Wildman–Crippen LogP) is 8.53. The molecule has 0 saturated carbocycles. The molecule has 5 aromatic rings. The summed E-state index contributed by atoms with van der Waals surface area (Å²) in [6, 6.07) is 7.69. The van der Waals surface area contributed by atoms with Crippen molar-refractivity contribution < 1.29 is 48.7 Å². The van der Waals surface area contributed by atoms with Crippen molar-refractivity contribution in [2.75, 3.05) is 0 Å². The van der Waals surface area contributed by atoms with Gasteiger partial charge in [0.25, 0.3) is 0 Å². The molecule has 11 heteroatoms. The topological polar surface area (TPSA) is 17.1 Å². The van der Waals surface area contributed by atoms with Crippen LogP contribution in [0.5, 0.6) is 0 Å². The predicted molar refractivity (Wildman–Crippen MR) is 117 cm³/mol. The number of carbonyl (C=O) groups excluding carboxylic acids is 1. The van der Waals surface area contributed by atoms with Crippen LogP contribution < -0.4 is 0 Å². The van der Waals surface area contributed by atoms with E-state index in [1.54, 1.807) is 0 Å². The number of hydrogen-bond donors (Lipinski definition) is 0. The van der Waals surface area contributed by atoms with Gasteiger partial charge in [0.2, 0.25) is 11.6 Å². The molecule has 5 rings (SSSR count). The molecule has 38 heavy (non-hydrogen) atoms. The highest BCUT2D eigenvalue weighted by Crippen LogP contribution is 2.47. The van der Waals surface area contributed by atoms with Gasteiger partial charge in [0.15, 0.2) is 46.5 Å². The van der Waals surface area contributed by atoms with E-state index in [-0.39, 0.29) is 22.6 Å². The molecule has 0 radical (unpaired) electrons. The van der Waals surface area contributed by atoms with Gasteiger partial charge in [-0.15, -0.1) is 0 Å². The molecule has 1 nitrogen and oxygen atoms in total. The molecule has 0 heterocycles. The van der Waals surface area contributed by atoms with Crippen molar-refractivity contribution >= 4 is 27.8 Å². The van der Waals surface area contributed by atoms with E-state index < -0.39 is 91.2 Å². The van der Waals surface area contributed by atoms with Crippen molar-refractivity contribution in [2.24, 2.45) is 0 Å². The van der Waals surface area contributed by atoms with E-state index in [9.17, 15) is 48.7 Å². The van der Waals surface area contributed by atoms with Crippen LogP contribution in [-0.2, 0) is 0 Å². The highest BCUT2D eigenvalue weighted by atomic mass is 19.2. The number of benzene rings is 5. The van der Waals surface area contributed by atoms with E-state index in [4.69, 9.17) is 0 Å². The largest absolute Gasteiger partial charge is 0.298 e. The molecule has 0 N–H and O–H groups in total. The van der Waals surface area contributed by atoms with Gasteiger partial charge in [0.05, 0.1) is 11.1 Å². The van der Waals surface area contributed by atoms with E-state index in [1.165, 1.54) is 12.1 Å². The third-order valence-electron chi connectivity index (χ3n) is 6.10. The van der Waals surface area contributed by atoms with E-state index >= 15 is 0 Å². The second-order valence-electron chi connectivity index (χ2n) is 8.11. The van der Waals surface area contributed by atoms with Crippen LogP contribution in [0.4, 0.5) is 43.9 Å². The van der Waals surface area contributed by atoms with E-state index in [1.807, 2.05) is 0 Å². The zero-order valence-electron chi connectivity index (χ0n) is 18.3. The summed E-state index contributed by atoms with van der Waals surface area (Å²) in [7, 11) is 0. The fourth-order valence-electron chi connectivity index (χ4n) is 4.46. The average molecular weight is 538 g/mol. The molecule has 0 unspecified atom stereocenters. The van der Waals surface area contributed by atoms with Crippen LogP contribution >= 0.6 is 0 Å². The quantitative estimate of drug-likeness (QED) is 0.0740. The molecular weight excluding hydrogens is 530 g/mol. The summed E-state index contributed by atoms with van der Waals surface area (Å²) < 4.78 is 144. The Labute approximate surface area is 205 Å².